The van der Waals surface area contributed by atoms with Gasteiger partial charge in [0.05, 0.1) is 31.7 Å². The first-order valence-electron chi connectivity index (χ1n) is 8.41. The van der Waals surface area contributed by atoms with Crippen LogP contribution >= 0.6 is 0 Å². The van der Waals surface area contributed by atoms with Gasteiger partial charge in [-0.1, -0.05) is 0 Å². The number of β-amino-alcohol motifs (C(OH)–C–C–N with tert-alkyl or cyclic N) is 1. The lowest BCUT2D eigenvalue weighted by Crippen LogP contribution is -2.37. The van der Waals surface area contributed by atoms with Crippen molar-refractivity contribution < 1.29 is 19.1 Å². The molecule has 2 atom stereocenters. The number of likely N-dealkylation sites (N-methyl/N-ethyl adjacent to an activating group) is 1. The van der Waals surface area contributed by atoms with Crippen LogP contribution in [0.1, 0.15) is 12.7 Å². The topological polar surface area (TPSA) is 84.0 Å². The largest absolute Gasteiger partial charge is 0.483 e. The van der Waals surface area contributed by atoms with E-state index in [2.05, 4.69) is 5.10 Å². The molecule has 0 aliphatic carbocycles. The fourth-order valence-corrected chi connectivity index (χ4v) is 2.87. The molecule has 136 valence electrons. The normalized spacial score (nSPS) is 20.8. The molecule has 0 unspecified atom stereocenters. The zero-order valence-corrected chi connectivity index (χ0v) is 14.5. The van der Waals surface area contributed by atoms with E-state index in [0.717, 1.165) is 12.3 Å². The standard InChI is InChI=1S/C17H24N4O4/c1-3-21-9-14(7-18-21)25-16-11-20(10-15(16)22)12-17(23)19(2)8-13-5-4-6-24-13/h4-7,9,15-16,22H,3,8,10-12H2,1-2H3/t15-,16-/m1/s1. The average Bonchev–Trinajstić information content (AvgIpc) is 3.31. The summed E-state index contributed by atoms with van der Waals surface area (Å²) in [6, 6.07) is 3.64. The van der Waals surface area contributed by atoms with Crippen molar-refractivity contribution in [3.8, 4) is 5.75 Å². The van der Waals surface area contributed by atoms with Gasteiger partial charge in [0.1, 0.15) is 18.0 Å². The van der Waals surface area contributed by atoms with Gasteiger partial charge in [-0.05, 0) is 19.1 Å². The van der Waals surface area contributed by atoms with Gasteiger partial charge < -0.3 is 19.2 Å². The van der Waals surface area contributed by atoms with Crippen LogP contribution < -0.4 is 4.74 Å². The van der Waals surface area contributed by atoms with E-state index in [1.807, 2.05) is 17.9 Å². The summed E-state index contributed by atoms with van der Waals surface area (Å²) in [4.78, 5) is 15.9. The van der Waals surface area contributed by atoms with Crippen LogP contribution in [0.15, 0.2) is 35.2 Å². The van der Waals surface area contributed by atoms with E-state index in [-0.39, 0.29) is 18.6 Å². The Kier molecular flexibility index (Phi) is 5.40. The van der Waals surface area contributed by atoms with Crippen LogP contribution in [0.25, 0.3) is 0 Å². The lowest BCUT2D eigenvalue weighted by molar-refractivity contribution is -0.131. The number of nitrogens with zero attached hydrogens (tertiary/aromatic N) is 4. The van der Waals surface area contributed by atoms with E-state index in [4.69, 9.17) is 9.15 Å². The molecule has 0 aromatic carbocycles. The van der Waals surface area contributed by atoms with Crippen molar-refractivity contribution in [1.29, 1.82) is 0 Å². The van der Waals surface area contributed by atoms with Gasteiger partial charge >= 0.3 is 0 Å². The third-order valence-corrected chi connectivity index (χ3v) is 4.29. The number of rotatable bonds is 7. The maximum absolute atomic E-state index is 12.3. The summed E-state index contributed by atoms with van der Waals surface area (Å²) in [5, 5.41) is 14.4. The molecule has 2 aromatic rings. The number of aliphatic hydroxyl groups excluding tert-OH is 1. The van der Waals surface area contributed by atoms with E-state index in [0.29, 0.717) is 25.4 Å². The van der Waals surface area contributed by atoms with Crippen LogP contribution in [0.4, 0.5) is 0 Å². The molecule has 8 nitrogen and oxygen atoms in total. The molecule has 0 bridgehead atoms. The molecule has 0 saturated carbocycles. The number of aliphatic hydroxyl groups is 1. The Morgan fingerprint density at radius 2 is 2.36 bits per heavy atom. The van der Waals surface area contributed by atoms with Gasteiger partial charge in [0, 0.05) is 26.7 Å². The summed E-state index contributed by atoms with van der Waals surface area (Å²) in [5.41, 5.74) is 0. The van der Waals surface area contributed by atoms with Crippen molar-refractivity contribution in [1.82, 2.24) is 19.6 Å². The van der Waals surface area contributed by atoms with Gasteiger partial charge in [-0.25, -0.2) is 0 Å². The molecule has 2 aromatic heterocycles. The number of hydrogen-bond donors (Lipinski definition) is 1. The molecule has 1 saturated heterocycles. The van der Waals surface area contributed by atoms with Crippen molar-refractivity contribution in [3.05, 3.63) is 36.5 Å². The molecule has 3 heterocycles. The number of carbonyl (C=O) groups is 1. The summed E-state index contributed by atoms with van der Waals surface area (Å²) >= 11 is 0. The molecule has 3 rings (SSSR count). The molecule has 8 heteroatoms. The number of furan rings is 1. The van der Waals surface area contributed by atoms with Crippen LogP contribution in [0.5, 0.6) is 5.75 Å². The molecule has 1 aliphatic rings. The van der Waals surface area contributed by atoms with Crippen molar-refractivity contribution in [3.63, 3.8) is 0 Å². The van der Waals surface area contributed by atoms with Gasteiger partial charge in [0.2, 0.25) is 5.91 Å². The Bertz CT molecular complexity index is 685. The molecule has 1 amide bonds. The molecule has 1 aliphatic heterocycles. The Hall–Kier alpha value is -2.32. The smallest absolute Gasteiger partial charge is 0.236 e. The maximum atomic E-state index is 12.3. The predicted octanol–water partition coefficient (Wildman–Crippen LogP) is 0.578. The second kappa shape index (κ2) is 7.71. The Morgan fingerprint density at radius 1 is 1.52 bits per heavy atom. The highest BCUT2D eigenvalue weighted by molar-refractivity contribution is 5.78. The molecule has 0 spiro atoms. The molecular weight excluding hydrogens is 324 g/mol. The fourth-order valence-electron chi connectivity index (χ4n) is 2.87. The predicted molar refractivity (Wildman–Crippen MR) is 89.9 cm³/mol. The number of hydrogen-bond acceptors (Lipinski definition) is 6. The molecule has 1 fully saturated rings. The SMILES string of the molecule is CCn1cc(O[C@@H]2CN(CC(=O)N(C)Cc3ccco3)C[C@H]2O)cn1. The lowest BCUT2D eigenvalue weighted by Gasteiger charge is -2.20. The molecule has 1 N–H and O–H groups in total. The van der Waals surface area contributed by atoms with Gasteiger partial charge in [-0.2, -0.15) is 5.10 Å². The second-order valence-electron chi connectivity index (χ2n) is 6.28. The highest BCUT2D eigenvalue weighted by Crippen LogP contribution is 2.18. The lowest BCUT2D eigenvalue weighted by atomic mass is 10.3. The second-order valence-corrected chi connectivity index (χ2v) is 6.28. The summed E-state index contributed by atoms with van der Waals surface area (Å²) in [7, 11) is 1.74. The van der Waals surface area contributed by atoms with Crippen LogP contribution in [0, 0.1) is 0 Å². The molecular formula is C17H24N4O4. The van der Waals surface area contributed by atoms with E-state index < -0.39 is 6.10 Å². The number of likely N-dealkylation sites (tertiary alicyclic amines) is 1. The number of carbonyl (C=O) groups excluding carboxylic acids is 1. The van der Waals surface area contributed by atoms with E-state index >= 15 is 0 Å². The Balaban J connectivity index is 1.49. The fraction of sp³-hybridized carbons (Fsp3) is 0.529. The quantitative estimate of drug-likeness (QED) is 0.788. The van der Waals surface area contributed by atoms with Crippen molar-refractivity contribution in [2.45, 2.75) is 32.2 Å². The third kappa shape index (κ3) is 4.40. The molecule has 25 heavy (non-hydrogen) atoms. The number of amides is 1. The van der Waals surface area contributed by atoms with Crippen molar-refractivity contribution in [2.24, 2.45) is 0 Å². The van der Waals surface area contributed by atoms with Gasteiger partial charge in [-0.15, -0.1) is 0 Å². The van der Waals surface area contributed by atoms with Crippen LogP contribution in [0.3, 0.4) is 0 Å². The molecule has 0 radical (unpaired) electrons. The van der Waals surface area contributed by atoms with Gasteiger partial charge in [0.25, 0.3) is 0 Å². The summed E-state index contributed by atoms with van der Waals surface area (Å²) in [5.74, 6) is 1.35. The Labute approximate surface area is 146 Å². The van der Waals surface area contributed by atoms with Gasteiger partial charge in [0.15, 0.2) is 5.75 Å². The first-order valence-corrected chi connectivity index (χ1v) is 8.41. The minimum atomic E-state index is -0.631. The average molecular weight is 348 g/mol. The summed E-state index contributed by atoms with van der Waals surface area (Å²) < 4.78 is 12.8. The van der Waals surface area contributed by atoms with Crippen LogP contribution in [-0.4, -0.2) is 69.5 Å². The minimum absolute atomic E-state index is 0.0250. The highest BCUT2D eigenvalue weighted by atomic mass is 16.5. The van der Waals surface area contributed by atoms with Gasteiger partial charge in [-0.3, -0.25) is 14.4 Å². The Morgan fingerprint density at radius 3 is 3.04 bits per heavy atom. The van der Waals surface area contributed by atoms with Crippen LogP contribution in [0.2, 0.25) is 0 Å². The van der Waals surface area contributed by atoms with Crippen molar-refractivity contribution >= 4 is 5.91 Å². The zero-order chi connectivity index (χ0) is 17.8. The number of ether oxygens (including phenoxy) is 1. The third-order valence-electron chi connectivity index (χ3n) is 4.29. The maximum Gasteiger partial charge on any atom is 0.236 e. The minimum Gasteiger partial charge on any atom is -0.483 e. The van der Waals surface area contributed by atoms with E-state index in [1.54, 1.807) is 41.4 Å². The summed E-state index contributed by atoms with van der Waals surface area (Å²) in [6.45, 7) is 4.33. The number of aromatic nitrogens is 2. The zero-order valence-electron chi connectivity index (χ0n) is 14.5. The van der Waals surface area contributed by atoms with Crippen LogP contribution in [-0.2, 0) is 17.9 Å². The monoisotopic (exact) mass is 348 g/mol. The first-order chi connectivity index (χ1) is 12.0. The first kappa shape index (κ1) is 17.5. The van der Waals surface area contributed by atoms with Crippen molar-refractivity contribution in [2.75, 3.05) is 26.7 Å². The van der Waals surface area contributed by atoms with E-state index in [9.17, 15) is 9.90 Å². The number of aryl methyl sites for hydroxylation is 1. The highest BCUT2D eigenvalue weighted by Gasteiger charge is 2.34. The summed E-state index contributed by atoms with van der Waals surface area (Å²) in [6.07, 6.45) is 4.04. The van der Waals surface area contributed by atoms with E-state index in [1.165, 1.54) is 0 Å².